The number of ether oxygens (including phenoxy) is 3. The average molecular weight is 596 g/mol. The van der Waals surface area contributed by atoms with Crippen molar-refractivity contribution in [2.24, 2.45) is 0 Å². The number of halogens is 10. The van der Waals surface area contributed by atoms with Crippen molar-refractivity contribution in [1.29, 1.82) is 0 Å². The second-order valence-electron chi connectivity index (χ2n) is 7.66. The van der Waals surface area contributed by atoms with Gasteiger partial charge in [0.25, 0.3) is 5.60 Å². The molecule has 0 unspecified atom stereocenters. The van der Waals surface area contributed by atoms with Gasteiger partial charge in [-0.3, -0.25) is 5.32 Å². The Labute approximate surface area is 217 Å². The molecule has 1 atom stereocenters. The Hall–Kier alpha value is -3.96. The van der Waals surface area contributed by atoms with Gasteiger partial charge in [0, 0.05) is 5.56 Å². The van der Waals surface area contributed by atoms with Crippen molar-refractivity contribution in [1.82, 2.24) is 5.32 Å². The molecular formula is C22H18F10N2O6. The first-order chi connectivity index (χ1) is 18.2. The number of nitrogens with one attached hydrogen (secondary N) is 2. The molecule has 0 saturated carbocycles. The molecule has 222 valence electrons. The van der Waals surface area contributed by atoms with Gasteiger partial charge in [0.05, 0.1) is 19.4 Å². The highest BCUT2D eigenvalue weighted by Crippen LogP contribution is 2.45. The number of urea groups is 1. The number of methoxy groups -OCH3 is 1. The molecule has 0 aliphatic rings. The van der Waals surface area contributed by atoms with Crippen LogP contribution in [0.5, 0.6) is 11.5 Å². The molecule has 0 heterocycles. The molecule has 3 N–H and O–H groups in total. The Balaban J connectivity index is 2.50. The summed E-state index contributed by atoms with van der Waals surface area (Å²) < 4.78 is 149. The summed E-state index contributed by atoms with van der Waals surface area (Å²) in [6, 6.07) is 0.804. The van der Waals surface area contributed by atoms with Gasteiger partial charge in [-0.1, -0.05) is 6.07 Å². The molecule has 0 aliphatic heterocycles. The standard InChI is InChI=1S/C22H18F10N2O6/c1-3-39-16(35)18(37,20(24,25)26)11-4-9-14(15(10-11)38-2)33-17(36)34-19(21(27,28)29,22(30,31)32)40-13-7-5-12(23)6-8-13/h4-10,37H,3H2,1-2H3,(H2,33,34,36)/t18-/m1/s1. The summed E-state index contributed by atoms with van der Waals surface area (Å²) >= 11 is 0. The van der Waals surface area contributed by atoms with Gasteiger partial charge in [0.1, 0.15) is 17.3 Å². The summed E-state index contributed by atoms with van der Waals surface area (Å²) in [5, 5.41) is 12.3. The lowest BCUT2D eigenvalue weighted by Gasteiger charge is -2.37. The minimum Gasteiger partial charge on any atom is -0.495 e. The first-order valence-corrected chi connectivity index (χ1v) is 10.6. The van der Waals surface area contributed by atoms with Crippen molar-refractivity contribution >= 4 is 17.7 Å². The van der Waals surface area contributed by atoms with Crippen LogP contribution in [0.4, 0.5) is 54.4 Å². The first kappa shape index (κ1) is 32.3. The lowest BCUT2D eigenvalue weighted by Crippen LogP contribution is -2.71. The van der Waals surface area contributed by atoms with Crippen molar-refractivity contribution < 1.29 is 72.8 Å². The highest BCUT2D eigenvalue weighted by molar-refractivity contribution is 5.92. The lowest BCUT2D eigenvalue weighted by atomic mass is 9.92. The third-order valence-electron chi connectivity index (χ3n) is 5.02. The molecule has 0 aromatic heterocycles. The number of carbonyl (C=O) groups is 2. The van der Waals surface area contributed by atoms with Crippen LogP contribution >= 0.6 is 0 Å². The number of hydrogen-bond donors (Lipinski definition) is 3. The second-order valence-corrected chi connectivity index (χ2v) is 7.66. The number of amides is 2. The third-order valence-corrected chi connectivity index (χ3v) is 5.02. The Morgan fingerprint density at radius 1 is 0.875 bits per heavy atom. The quantitative estimate of drug-likeness (QED) is 0.221. The number of rotatable bonds is 8. The monoisotopic (exact) mass is 596 g/mol. The second kappa shape index (κ2) is 11.3. The van der Waals surface area contributed by atoms with Crippen LogP contribution in [0.1, 0.15) is 12.5 Å². The minimum absolute atomic E-state index is 0.343. The van der Waals surface area contributed by atoms with E-state index in [1.165, 1.54) is 5.32 Å². The fourth-order valence-corrected chi connectivity index (χ4v) is 3.09. The lowest BCUT2D eigenvalue weighted by molar-refractivity contribution is -0.364. The van der Waals surface area contributed by atoms with Gasteiger partial charge in [-0.15, -0.1) is 0 Å². The van der Waals surface area contributed by atoms with Gasteiger partial charge in [-0.05, 0) is 43.3 Å². The van der Waals surface area contributed by atoms with Crippen molar-refractivity contribution in [2.45, 2.75) is 36.8 Å². The van der Waals surface area contributed by atoms with Gasteiger partial charge < -0.3 is 24.6 Å². The van der Waals surface area contributed by atoms with Crippen LogP contribution in [-0.4, -0.2) is 55.1 Å². The predicted molar refractivity (Wildman–Crippen MR) is 114 cm³/mol. The van der Waals surface area contributed by atoms with Crippen molar-refractivity contribution in [3.63, 3.8) is 0 Å². The Morgan fingerprint density at radius 3 is 1.88 bits per heavy atom. The molecular weight excluding hydrogens is 578 g/mol. The molecule has 18 heteroatoms. The molecule has 0 aliphatic carbocycles. The maximum Gasteiger partial charge on any atom is 0.458 e. The van der Waals surface area contributed by atoms with E-state index in [1.54, 1.807) is 0 Å². The smallest absolute Gasteiger partial charge is 0.458 e. The topological polar surface area (TPSA) is 106 Å². The number of alkyl halides is 9. The molecule has 0 radical (unpaired) electrons. The predicted octanol–water partition coefficient (Wildman–Crippen LogP) is 5.17. The summed E-state index contributed by atoms with van der Waals surface area (Å²) in [4.78, 5) is 24.3. The highest BCUT2D eigenvalue weighted by atomic mass is 19.4. The van der Waals surface area contributed by atoms with Gasteiger partial charge in [0.15, 0.2) is 0 Å². The van der Waals surface area contributed by atoms with Crippen LogP contribution in [0, 0.1) is 5.82 Å². The number of anilines is 1. The molecule has 0 saturated heterocycles. The van der Waals surface area contributed by atoms with Gasteiger partial charge in [-0.25, -0.2) is 14.0 Å². The summed E-state index contributed by atoms with van der Waals surface area (Å²) in [6.07, 6.45) is -18.4. The van der Waals surface area contributed by atoms with Crippen LogP contribution < -0.4 is 20.1 Å². The average Bonchev–Trinajstić information content (AvgIpc) is 2.82. The summed E-state index contributed by atoms with van der Waals surface area (Å²) in [5.74, 6) is -5.16. The zero-order chi connectivity index (χ0) is 30.7. The third kappa shape index (κ3) is 6.26. The first-order valence-electron chi connectivity index (χ1n) is 10.6. The largest absolute Gasteiger partial charge is 0.495 e. The zero-order valence-electron chi connectivity index (χ0n) is 20.0. The number of aliphatic hydroxyl groups is 1. The van der Waals surface area contributed by atoms with Gasteiger partial charge in [0.2, 0.25) is 0 Å². The number of esters is 1. The molecule has 2 rings (SSSR count). The van der Waals surface area contributed by atoms with Crippen LogP contribution in [0.3, 0.4) is 0 Å². The van der Waals surface area contributed by atoms with Crippen LogP contribution in [0.15, 0.2) is 42.5 Å². The maximum atomic E-state index is 13.8. The van der Waals surface area contributed by atoms with Gasteiger partial charge in [-0.2, -0.15) is 39.5 Å². The van der Waals surface area contributed by atoms with E-state index >= 15 is 0 Å². The Bertz CT molecular complexity index is 1200. The van der Waals surface area contributed by atoms with Crippen molar-refractivity contribution in [2.75, 3.05) is 19.0 Å². The Morgan fingerprint density at radius 2 is 1.43 bits per heavy atom. The fraction of sp³-hybridized carbons (Fsp3) is 0.364. The van der Waals surface area contributed by atoms with E-state index in [4.69, 9.17) is 4.74 Å². The molecule has 2 aromatic carbocycles. The molecule has 0 spiro atoms. The molecule has 0 bridgehead atoms. The number of carbonyl (C=O) groups excluding carboxylic acids is 2. The van der Waals surface area contributed by atoms with Crippen LogP contribution in [0.25, 0.3) is 0 Å². The fourth-order valence-electron chi connectivity index (χ4n) is 3.09. The van der Waals surface area contributed by atoms with E-state index < -0.39 is 77.0 Å². The molecule has 8 nitrogen and oxygen atoms in total. The summed E-state index contributed by atoms with van der Waals surface area (Å²) in [5.41, 5.74) is -11.7. The Kier molecular flexibility index (Phi) is 9.08. The van der Waals surface area contributed by atoms with Crippen LogP contribution in [-0.2, 0) is 15.1 Å². The number of benzene rings is 2. The molecule has 0 fully saturated rings. The molecule has 2 aromatic rings. The van der Waals surface area contributed by atoms with Crippen LogP contribution in [0.2, 0.25) is 0 Å². The van der Waals surface area contributed by atoms with E-state index in [9.17, 15) is 58.6 Å². The number of hydrogen-bond acceptors (Lipinski definition) is 6. The highest BCUT2D eigenvalue weighted by Gasteiger charge is 2.75. The van der Waals surface area contributed by atoms with Crippen molar-refractivity contribution in [3.05, 3.63) is 53.8 Å². The van der Waals surface area contributed by atoms with E-state index in [2.05, 4.69) is 9.47 Å². The van der Waals surface area contributed by atoms with E-state index in [1.807, 2.05) is 0 Å². The minimum atomic E-state index is -6.37. The molecule has 2 amide bonds. The van der Waals surface area contributed by atoms with Gasteiger partial charge >= 0.3 is 36.3 Å². The van der Waals surface area contributed by atoms with E-state index in [0.717, 1.165) is 14.0 Å². The van der Waals surface area contributed by atoms with E-state index in [-0.39, 0.29) is 0 Å². The normalized spacial score (nSPS) is 14.1. The zero-order valence-corrected chi connectivity index (χ0v) is 20.0. The summed E-state index contributed by atoms with van der Waals surface area (Å²) in [6.45, 7) is 0.566. The maximum absolute atomic E-state index is 13.8. The molecule has 40 heavy (non-hydrogen) atoms. The summed E-state index contributed by atoms with van der Waals surface area (Å²) in [7, 11) is 0.784. The SMILES string of the molecule is CCOC(=O)[C@](O)(c1ccc(NC(=O)NC(Oc2ccc(F)cc2)(C(F)(F)F)C(F)(F)F)c(OC)c1)C(F)(F)F. The van der Waals surface area contributed by atoms with Crippen molar-refractivity contribution in [3.8, 4) is 11.5 Å². The van der Waals surface area contributed by atoms with E-state index in [0.29, 0.717) is 47.8 Å².